The summed E-state index contributed by atoms with van der Waals surface area (Å²) in [5.74, 6) is 0.755. The van der Waals surface area contributed by atoms with Crippen LogP contribution in [0.4, 0.5) is 0 Å². The van der Waals surface area contributed by atoms with Crippen LogP contribution >= 0.6 is 23.5 Å². The van der Waals surface area contributed by atoms with Gasteiger partial charge < -0.3 is 0 Å². The smallest absolute Gasteiger partial charge is 0.266 e. The molecule has 0 N–H and O–H groups in total. The van der Waals surface area contributed by atoms with Gasteiger partial charge in [0.1, 0.15) is 0 Å². The fraction of sp³-hybridized carbons (Fsp3) is 0.130. The fourth-order valence-corrected chi connectivity index (χ4v) is 4.48. The van der Waals surface area contributed by atoms with Crippen molar-refractivity contribution in [2.24, 2.45) is 0 Å². The number of rotatable bonds is 5. The Balaban J connectivity index is 1.80. The summed E-state index contributed by atoms with van der Waals surface area (Å²) in [5.41, 5.74) is 3.85. The average Bonchev–Trinajstić information content (AvgIpc) is 2.73. The van der Waals surface area contributed by atoms with Crippen LogP contribution in [0, 0.1) is 6.92 Å². The standard InChI is InChI=1S/C23H20N2OS2/c1-16-7-3-6-10-21(16)25-22(26)19-8-4-5-9-20(19)24-23(25)28-15-17-11-13-18(27-2)14-12-17/h3-14H,15H2,1-2H3. The van der Waals surface area contributed by atoms with E-state index in [1.165, 1.54) is 10.5 Å². The van der Waals surface area contributed by atoms with Crippen molar-refractivity contribution < 1.29 is 0 Å². The number of fused-ring (bicyclic) bond motifs is 1. The first-order valence-corrected chi connectivity index (χ1v) is 11.2. The molecule has 1 aromatic heterocycles. The maximum atomic E-state index is 13.3. The van der Waals surface area contributed by atoms with Gasteiger partial charge in [-0.05, 0) is 54.6 Å². The molecule has 0 bridgehead atoms. The van der Waals surface area contributed by atoms with Crippen LogP contribution in [-0.2, 0) is 5.75 Å². The Morgan fingerprint density at radius 2 is 1.64 bits per heavy atom. The number of thioether (sulfide) groups is 2. The van der Waals surface area contributed by atoms with Crippen LogP contribution in [0.2, 0.25) is 0 Å². The zero-order chi connectivity index (χ0) is 19.5. The van der Waals surface area contributed by atoms with E-state index in [1.54, 1.807) is 28.1 Å². The van der Waals surface area contributed by atoms with E-state index in [9.17, 15) is 4.79 Å². The summed E-state index contributed by atoms with van der Waals surface area (Å²) in [6, 6.07) is 24.0. The zero-order valence-electron chi connectivity index (χ0n) is 15.8. The Morgan fingerprint density at radius 1 is 0.929 bits per heavy atom. The van der Waals surface area contributed by atoms with Gasteiger partial charge in [0, 0.05) is 10.6 Å². The quantitative estimate of drug-likeness (QED) is 0.315. The second-order valence-corrected chi connectivity index (χ2v) is 8.30. The maximum Gasteiger partial charge on any atom is 0.266 e. The normalized spacial score (nSPS) is 11.1. The Morgan fingerprint density at radius 3 is 2.39 bits per heavy atom. The van der Waals surface area contributed by atoms with Crippen molar-refractivity contribution >= 4 is 34.4 Å². The molecule has 0 aliphatic carbocycles. The Kier molecular flexibility index (Phi) is 5.55. The van der Waals surface area contributed by atoms with E-state index in [0.717, 1.165) is 22.5 Å². The number of para-hydroxylation sites is 2. The van der Waals surface area contributed by atoms with Crippen LogP contribution < -0.4 is 5.56 Å². The van der Waals surface area contributed by atoms with Gasteiger partial charge in [-0.15, -0.1) is 11.8 Å². The molecule has 3 aromatic carbocycles. The van der Waals surface area contributed by atoms with Gasteiger partial charge in [-0.2, -0.15) is 0 Å². The molecular weight excluding hydrogens is 384 g/mol. The van der Waals surface area contributed by atoms with Crippen LogP contribution in [-0.4, -0.2) is 15.8 Å². The highest BCUT2D eigenvalue weighted by Crippen LogP contribution is 2.26. The van der Waals surface area contributed by atoms with Gasteiger partial charge >= 0.3 is 0 Å². The molecule has 4 aromatic rings. The minimum Gasteiger partial charge on any atom is -0.268 e. The predicted octanol–water partition coefficient (Wildman–Crippen LogP) is 5.71. The molecule has 0 amide bonds. The summed E-state index contributed by atoms with van der Waals surface area (Å²) in [6.07, 6.45) is 2.07. The van der Waals surface area contributed by atoms with Crippen LogP contribution in [0.1, 0.15) is 11.1 Å². The maximum absolute atomic E-state index is 13.3. The highest BCUT2D eigenvalue weighted by Gasteiger charge is 2.14. The van der Waals surface area contributed by atoms with Crippen molar-refractivity contribution in [3.05, 3.63) is 94.3 Å². The largest absolute Gasteiger partial charge is 0.268 e. The highest BCUT2D eigenvalue weighted by molar-refractivity contribution is 7.98. The lowest BCUT2D eigenvalue weighted by atomic mass is 10.2. The molecule has 0 unspecified atom stereocenters. The van der Waals surface area contributed by atoms with Crippen molar-refractivity contribution in [3.63, 3.8) is 0 Å². The van der Waals surface area contributed by atoms with Crippen LogP contribution in [0.5, 0.6) is 0 Å². The molecule has 0 aliphatic heterocycles. The zero-order valence-corrected chi connectivity index (χ0v) is 17.4. The van der Waals surface area contributed by atoms with E-state index < -0.39 is 0 Å². The van der Waals surface area contributed by atoms with Gasteiger partial charge in [0.15, 0.2) is 5.16 Å². The lowest BCUT2D eigenvalue weighted by molar-refractivity contribution is 0.814. The van der Waals surface area contributed by atoms with Gasteiger partial charge in [0.25, 0.3) is 5.56 Å². The molecule has 0 aliphatic rings. The third-order valence-corrected chi connectivity index (χ3v) is 6.38. The van der Waals surface area contributed by atoms with Crippen molar-refractivity contribution in [3.8, 4) is 5.69 Å². The molecule has 1 heterocycles. The summed E-state index contributed by atoms with van der Waals surface area (Å²) in [5, 5.41) is 1.35. The number of benzene rings is 3. The Labute approximate surface area is 172 Å². The number of aromatic nitrogens is 2. The molecule has 4 rings (SSSR count). The fourth-order valence-electron chi connectivity index (χ4n) is 3.11. The van der Waals surface area contributed by atoms with E-state index in [-0.39, 0.29) is 5.56 Å². The van der Waals surface area contributed by atoms with E-state index in [1.807, 2.05) is 55.5 Å². The van der Waals surface area contributed by atoms with Crippen molar-refractivity contribution in [2.75, 3.05) is 6.26 Å². The van der Waals surface area contributed by atoms with Gasteiger partial charge in [-0.25, -0.2) is 4.98 Å². The lowest BCUT2D eigenvalue weighted by Crippen LogP contribution is -2.22. The predicted molar refractivity (Wildman–Crippen MR) is 120 cm³/mol. The third kappa shape index (κ3) is 3.73. The second kappa shape index (κ2) is 8.25. The molecule has 3 nitrogen and oxygen atoms in total. The Bertz CT molecular complexity index is 1180. The van der Waals surface area contributed by atoms with Crippen LogP contribution in [0.25, 0.3) is 16.6 Å². The van der Waals surface area contributed by atoms with Gasteiger partial charge in [-0.3, -0.25) is 9.36 Å². The molecule has 140 valence electrons. The summed E-state index contributed by atoms with van der Waals surface area (Å²) in [4.78, 5) is 19.4. The molecule has 5 heteroatoms. The van der Waals surface area contributed by atoms with E-state index >= 15 is 0 Å². The van der Waals surface area contributed by atoms with E-state index in [4.69, 9.17) is 4.98 Å². The molecule has 0 spiro atoms. The Hall–Kier alpha value is -2.50. The molecule has 0 saturated carbocycles. The summed E-state index contributed by atoms with van der Waals surface area (Å²) in [7, 11) is 0. The first-order chi connectivity index (χ1) is 13.7. The minimum atomic E-state index is -0.0277. The molecule has 0 atom stereocenters. The first-order valence-electron chi connectivity index (χ1n) is 9.01. The van der Waals surface area contributed by atoms with Crippen molar-refractivity contribution in [2.45, 2.75) is 22.7 Å². The number of hydrogen-bond acceptors (Lipinski definition) is 4. The molecule has 0 fully saturated rings. The van der Waals surface area contributed by atoms with Gasteiger partial charge in [0.05, 0.1) is 16.6 Å². The molecular formula is C23H20N2OS2. The topological polar surface area (TPSA) is 34.9 Å². The average molecular weight is 405 g/mol. The lowest BCUT2D eigenvalue weighted by Gasteiger charge is -2.15. The monoisotopic (exact) mass is 404 g/mol. The summed E-state index contributed by atoms with van der Waals surface area (Å²) >= 11 is 3.32. The summed E-state index contributed by atoms with van der Waals surface area (Å²) < 4.78 is 1.75. The molecule has 28 heavy (non-hydrogen) atoms. The first kappa shape index (κ1) is 18.8. The van der Waals surface area contributed by atoms with Crippen molar-refractivity contribution in [1.82, 2.24) is 9.55 Å². The van der Waals surface area contributed by atoms with Crippen LogP contribution in [0.3, 0.4) is 0 Å². The number of nitrogens with zero attached hydrogens (tertiary/aromatic N) is 2. The van der Waals surface area contributed by atoms with E-state index in [2.05, 4.69) is 30.5 Å². The highest BCUT2D eigenvalue weighted by atomic mass is 32.2. The SMILES string of the molecule is CSc1ccc(CSc2nc3ccccc3c(=O)n2-c2ccccc2C)cc1. The number of aryl methyl sites for hydroxylation is 1. The second-order valence-electron chi connectivity index (χ2n) is 6.48. The minimum absolute atomic E-state index is 0.0277. The molecule has 0 saturated heterocycles. The van der Waals surface area contributed by atoms with Gasteiger partial charge in [-0.1, -0.05) is 54.2 Å². The van der Waals surface area contributed by atoms with Crippen LogP contribution in [0.15, 0.2) is 87.6 Å². The van der Waals surface area contributed by atoms with Gasteiger partial charge in [0.2, 0.25) is 0 Å². The van der Waals surface area contributed by atoms with E-state index in [0.29, 0.717) is 10.5 Å². The van der Waals surface area contributed by atoms with Crippen molar-refractivity contribution in [1.29, 1.82) is 0 Å². The molecule has 0 radical (unpaired) electrons. The summed E-state index contributed by atoms with van der Waals surface area (Å²) in [6.45, 7) is 2.02. The third-order valence-electron chi connectivity index (χ3n) is 4.63. The number of hydrogen-bond donors (Lipinski definition) is 0.